The normalized spacial score (nSPS) is 18.2. The number of hydrogen-bond acceptors (Lipinski definition) is 5. The van der Waals surface area contributed by atoms with Gasteiger partial charge in [0.2, 0.25) is 0 Å². The third kappa shape index (κ3) is 3.92. The Labute approximate surface area is 144 Å². The summed E-state index contributed by atoms with van der Waals surface area (Å²) in [5.41, 5.74) is 0. The highest BCUT2D eigenvalue weighted by Gasteiger charge is 2.27. The van der Waals surface area contributed by atoms with Crippen molar-refractivity contribution in [1.82, 2.24) is 9.80 Å². The van der Waals surface area contributed by atoms with Crippen molar-refractivity contribution in [3.63, 3.8) is 0 Å². The summed E-state index contributed by atoms with van der Waals surface area (Å²) in [5.74, 6) is -0.850. The summed E-state index contributed by atoms with van der Waals surface area (Å²) in [7, 11) is 1.74. The standard InChI is InChI=1S/C17H20N2O4S/c1-18(11-16(20)21)9-13-10-19(6-7-23-13)17(22)15-8-12-4-2-3-5-14(12)24-15/h2-5,8,13H,6-7,9-11H2,1H3,(H,20,21). The Bertz CT molecular complexity index is 712. The molecule has 1 aliphatic heterocycles. The minimum absolute atomic E-state index is 0.0189. The fraction of sp³-hybridized carbons (Fsp3) is 0.412. The summed E-state index contributed by atoms with van der Waals surface area (Å²) in [6, 6.07) is 9.89. The second kappa shape index (κ2) is 7.29. The average molecular weight is 348 g/mol. The van der Waals surface area contributed by atoms with Gasteiger partial charge in [0, 0.05) is 24.3 Å². The number of carboxylic acids is 1. The van der Waals surface area contributed by atoms with E-state index in [1.54, 1.807) is 16.8 Å². The molecule has 0 aliphatic carbocycles. The highest BCUT2D eigenvalue weighted by atomic mass is 32.1. The summed E-state index contributed by atoms with van der Waals surface area (Å²) < 4.78 is 6.78. The van der Waals surface area contributed by atoms with E-state index in [0.717, 1.165) is 15.0 Å². The lowest BCUT2D eigenvalue weighted by Crippen LogP contribution is -2.49. The van der Waals surface area contributed by atoms with Gasteiger partial charge in [-0.05, 0) is 24.6 Å². The van der Waals surface area contributed by atoms with E-state index < -0.39 is 5.97 Å². The lowest BCUT2D eigenvalue weighted by Gasteiger charge is -2.34. The molecule has 1 aromatic heterocycles. The molecule has 24 heavy (non-hydrogen) atoms. The fourth-order valence-electron chi connectivity index (χ4n) is 2.90. The number of amides is 1. The molecular formula is C17H20N2O4S. The smallest absolute Gasteiger partial charge is 0.317 e. The van der Waals surface area contributed by atoms with Crippen LogP contribution < -0.4 is 0 Å². The topological polar surface area (TPSA) is 70.1 Å². The first-order chi connectivity index (χ1) is 11.5. The van der Waals surface area contributed by atoms with Crippen LogP contribution in [0.2, 0.25) is 0 Å². The Morgan fingerprint density at radius 3 is 2.96 bits per heavy atom. The Morgan fingerprint density at radius 2 is 2.21 bits per heavy atom. The van der Waals surface area contributed by atoms with Gasteiger partial charge in [0.15, 0.2) is 0 Å². The van der Waals surface area contributed by atoms with Gasteiger partial charge in [-0.2, -0.15) is 0 Å². The van der Waals surface area contributed by atoms with Gasteiger partial charge in [-0.25, -0.2) is 0 Å². The van der Waals surface area contributed by atoms with E-state index in [9.17, 15) is 9.59 Å². The number of aliphatic carboxylic acids is 1. The summed E-state index contributed by atoms with van der Waals surface area (Å²) in [6.07, 6.45) is -0.165. The zero-order chi connectivity index (χ0) is 17.1. The van der Waals surface area contributed by atoms with Crippen LogP contribution in [0.5, 0.6) is 0 Å². The number of ether oxygens (including phenoxy) is 1. The predicted octanol–water partition coefficient (Wildman–Crippen LogP) is 1.76. The molecular weight excluding hydrogens is 328 g/mol. The molecule has 1 amide bonds. The lowest BCUT2D eigenvalue weighted by molar-refractivity contribution is -0.138. The predicted molar refractivity (Wildman–Crippen MR) is 92.6 cm³/mol. The third-order valence-corrected chi connectivity index (χ3v) is 5.09. The monoisotopic (exact) mass is 348 g/mol. The van der Waals surface area contributed by atoms with Crippen LogP contribution in [0, 0.1) is 0 Å². The van der Waals surface area contributed by atoms with E-state index >= 15 is 0 Å². The van der Waals surface area contributed by atoms with Gasteiger partial charge in [-0.15, -0.1) is 11.3 Å². The summed E-state index contributed by atoms with van der Waals surface area (Å²) in [6.45, 7) is 1.97. The van der Waals surface area contributed by atoms with Crippen LogP contribution in [0.4, 0.5) is 0 Å². The van der Waals surface area contributed by atoms with Crippen LogP contribution in [-0.2, 0) is 9.53 Å². The summed E-state index contributed by atoms with van der Waals surface area (Å²) >= 11 is 1.50. The molecule has 1 fully saturated rings. The summed E-state index contributed by atoms with van der Waals surface area (Å²) in [4.78, 5) is 27.7. The van der Waals surface area contributed by atoms with Crippen LogP contribution >= 0.6 is 11.3 Å². The van der Waals surface area contributed by atoms with Crippen molar-refractivity contribution in [2.24, 2.45) is 0 Å². The van der Waals surface area contributed by atoms with Crippen molar-refractivity contribution in [1.29, 1.82) is 0 Å². The van der Waals surface area contributed by atoms with Crippen LogP contribution in [-0.4, -0.2) is 72.7 Å². The molecule has 0 saturated carbocycles. The number of nitrogens with zero attached hydrogens (tertiary/aromatic N) is 2. The number of carbonyl (C=O) groups is 2. The number of rotatable bonds is 5. The van der Waals surface area contributed by atoms with Gasteiger partial charge in [0.05, 0.1) is 24.1 Å². The van der Waals surface area contributed by atoms with Gasteiger partial charge in [-0.3, -0.25) is 14.5 Å². The van der Waals surface area contributed by atoms with E-state index in [0.29, 0.717) is 26.2 Å². The molecule has 2 aromatic rings. The van der Waals surface area contributed by atoms with Gasteiger partial charge in [0.25, 0.3) is 5.91 Å². The number of thiophene rings is 1. The van der Waals surface area contributed by atoms with Crippen molar-refractivity contribution < 1.29 is 19.4 Å². The Balaban J connectivity index is 1.65. The average Bonchev–Trinajstić information content (AvgIpc) is 2.97. The van der Waals surface area contributed by atoms with Gasteiger partial charge in [-0.1, -0.05) is 18.2 Å². The molecule has 1 unspecified atom stereocenters. The number of carbonyl (C=O) groups excluding carboxylic acids is 1. The van der Waals surface area contributed by atoms with Gasteiger partial charge >= 0.3 is 5.97 Å². The first kappa shape index (κ1) is 16.9. The van der Waals surface area contributed by atoms with Crippen molar-refractivity contribution in [2.45, 2.75) is 6.10 Å². The van der Waals surface area contributed by atoms with Gasteiger partial charge < -0.3 is 14.7 Å². The Hall–Kier alpha value is -1.96. The molecule has 2 heterocycles. The largest absolute Gasteiger partial charge is 0.480 e. The third-order valence-electron chi connectivity index (χ3n) is 3.98. The Kier molecular flexibility index (Phi) is 5.13. The minimum atomic E-state index is -0.869. The van der Waals surface area contributed by atoms with E-state index in [2.05, 4.69) is 0 Å². The summed E-state index contributed by atoms with van der Waals surface area (Å²) in [5, 5.41) is 9.91. The maximum absolute atomic E-state index is 12.8. The van der Waals surface area contributed by atoms with Crippen molar-refractivity contribution in [2.75, 3.05) is 39.8 Å². The molecule has 7 heteroatoms. The second-order valence-corrected chi connectivity index (χ2v) is 7.07. The maximum atomic E-state index is 12.8. The highest BCUT2D eigenvalue weighted by Crippen LogP contribution is 2.26. The molecule has 3 rings (SSSR count). The Morgan fingerprint density at radius 1 is 1.42 bits per heavy atom. The van der Waals surface area contributed by atoms with E-state index in [-0.39, 0.29) is 18.6 Å². The number of hydrogen-bond donors (Lipinski definition) is 1. The SMILES string of the molecule is CN(CC(=O)O)CC1CN(C(=O)c2cc3ccccc3s2)CCO1. The van der Waals surface area contributed by atoms with E-state index in [1.165, 1.54) is 11.3 Å². The molecule has 128 valence electrons. The van der Waals surface area contributed by atoms with Crippen LogP contribution in [0.15, 0.2) is 30.3 Å². The van der Waals surface area contributed by atoms with Gasteiger partial charge in [0.1, 0.15) is 0 Å². The molecule has 1 aromatic carbocycles. The van der Waals surface area contributed by atoms with E-state index in [1.807, 2.05) is 30.3 Å². The molecule has 0 spiro atoms. The zero-order valence-corrected chi connectivity index (χ0v) is 14.3. The van der Waals surface area contributed by atoms with Crippen molar-refractivity contribution in [3.8, 4) is 0 Å². The minimum Gasteiger partial charge on any atom is -0.480 e. The first-order valence-corrected chi connectivity index (χ1v) is 8.64. The quantitative estimate of drug-likeness (QED) is 0.892. The van der Waals surface area contributed by atoms with Crippen molar-refractivity contribution in [3.05, 3.63) is 35.2 Å². The number of benzene rings is 1. The lowest BCUT2D eigenvalue weighted by atomic mass is 10.2. The molecule has 1 N–H and O–H groups in total. The number of carboxylic acid groups (broad SMARTS) is 1. The van der Waals surface area contributed by atoms with Crippen LogP contribution in [0.1, 0.15) is 9.67 Å². The molecule has 1 aliphatic rings. The molecule has 0 bridgehead atoms. The molecule has 6 nitrogen and oxygen atoms in total. The maximum Gasteiger partial charge on any atom is 0.317 e. The van der Waals surface area contributed by atoms with Crippen LogP contribution in [0.25, 0.3) is 10.1 Å². The number of fused-ring (bicyclic) bond motifs is 1. The number of morpholine rings is 1. The molecule has 0 radical (unpaired) electrons. The molecule has 1 atom stereocenters. The molecule has 1 saturated heterocycles. The zero-order valence-electron chi connectivity index (χ0n) is 13.5. The second-order valence-electron chi connectivity index (χ2n) is 5.98. The van der Waals surface area contributed by atoms with E-state index in [4.69, 9.17) is 9.84 Å². The van der Waals surface area contributed by atoms with Crippen molar-refractivity contribution >= 4 is 33.3 Å². The first-order valence-electron chi connectivity index (χ1n) is 7.82. The highest BCUT2D eigenvalue weighted by molar-refractivity contribution is 7.20. The number of likely N-dealkylation sites (N-methyl/N-ethyl adjacent to an activating group) is 1. The van der Waals surface area contributed by atoms with Crippen LogP contribution in [0.3, 0.4) is 0 Å². The fourth-order valence-corrected chi connectivity index (χ4v) is 3.93.